The second kappa shape index (κ2) is 8.65. The quantitative estimate of drug-likeness (QED) is 0.536. The molecule has 0 aliphatic heterocycles. The van der Waals surface area contributed by atoms with Crippen molar-refractivity contribution in [3.05, 3.63) is 58.6 Å². The normalized spacial score (nSPS) is 24.4. The third-order valence-corrected chi connectivity index (χ3v) is 7.16. The van der Waals surface area contributed by atoms with Crippen LogP contribution in [0.15, 0.2) is 36.5 Å². The van der Waals surface area contributed by atoms with Crippen LogP contribution in [0.3, 0.4) is 0 Å². The van der Waals surface area contributed by atoms with Crippen molar-refractivity contribution in [3.63, 3.8) is 0 Å². The van der Waals surface area contributed by atoms with Crippen LogP contribution < -0.4 is 15.4 Å². The van der Waals surface area contributed by atoms with Gasteiger partial charge in [0, 0.05) is 36.7 Å². The molecule has 9 heteroatoms. The number of Topliss-reactive ketones (excluding diaryl/α,β-unsaturated/α-hetero) is 1. The van der Waals surface area contributed by atoms with Crippen molar-refractivity contribution >= 4 is 29.2 Å². The van der Waals surface area contributed by atoms with Crippen LogP contribution in [0.1, 0.15) is 54.6 Å². The molecule has 6 rings (SSSR count). The topological polar surface area (TPSA) is 97.4 Å². The summed E-state index contributed by atoms with van der Waals surface area (Å²) in [6.07, 6.45) is 6.05. The second-order valence-corrected chi connectivity index (χ2v) is 10.3. The van der Waals surface area contributed by atoms with E-state index in [4.69, 9.17) is 16.3 Å². The molecular weight excluding hydrogens is 461 g/mol. The largest absolute Gasteiger partial charge is 0.486 e. The Bertz CT molecular complexity index is 1150. The molecule has 2 bridgehead atoms. The molecule has 7 nitrogen and oxygen atoms in total. The van der Waals surface area contributed by atoms with Gasteiger partial charge in [-0.25, -0.2) is 4.39 Å². The van der Waals surface area contributed by atoms with Gasteiger partial charge in [-0.05, 0) is 67.3 Å². The summed E-state index contributed by atoms with van der Waals surface area (Å²) in [4.78, 5) is 41.1. The minimum absolute atomic E-state index is 0.00200. The van der Waals surface area contributed by atoms with Crippen LogP contribution in [-0.4, -0.2) is 34.7 Å². The lowest BCUT2D eigenvalue weighted by molar-refractivity contribution is -0.162. The Balaban J connectivity index is 1.07. The van der Waals surface area contributed by atoms with Crippen molar-refractivity contribution in [1.29, 1.82) is 0 Å². The first kappa shape index (κ1) is 22.8. The number of ether oxygens (including phenoxy) is 1. The van der Waals surface area contributed by atoms with E-state index in [0.29, 0.717) is 18.7 Å². The molecule has 2 aromatic rings. The van der Waals surface area contributed by atoms with Gasteiger partial charge < -0.3 is 15.4 Å². The lowest BCUT2D eigenvalue weighted by Crippen LogP contribution is -2.75. The molecule has 34 heavy (non-hydrogen) atoms. The molecule has 178 valence electrons. The molecule has 1 aromatic heterocycles. The summed E-state index contributed by atoms with van der Waals surface area (Å²) < 4.78 is 18.9. The lowest BCUT2D eigenvalue weighted by Gasteiger charge is -2.70. The van der Waals surface area contributed by atoms with E-state index < -0.39 is 5.82 Å². The van der Waals surface area contributed by atoms with Crippen molar-refractivity contribution in [3.8, 4) is 5.75 Å². The highest BCUT2D eigenvalue weighted by Gasteiger charge is 2.68. The van der Waals surface area contributed by atoms with E-state index in [0.717, 1.165) is 43.7 Å². The summed E-state index contributed by atoms with van der Waals surface area (Å²) in [7, 11) is 0. The fourth-order valence-corrected chi connectivity index (χ4v) is 5.33. The highest BCUT2D eigenvalue weighted by molar-refractivity contribution is 6.30. The van der Waals surface area contributed by atoms with Crippen molar-refractivity contribution in [1.82, 2.24) is 15.6 Å². The first-order chi connectivity index (χ1) is 16.2. The summed E-state index contributed by atoms with van der Waals surface area (Å²) in [6, 6.07) is 7.55. The Morgan fingerprint density at radius 2 is 1.91 bits per heavy atom. The van der Waals surface area contributed by atoms with E-state index in [1.54, 1.807) is 18.3 Å². The number of pyridine rings is 1. The molecular formula is C25H25ClFN3O4. The summed E-state index contributed by atoms with van der Waals surface area (Å²) in [5.41, 5.74) is 0.766. The van der Waals surface area contributed by atoms with Crippen LogP contribution in [0.25, 0.3) is 0 Å². The SMILES string of the molecule is O=C(COc1ccc(Cl)c(F)c1)CC12CC(NC(=O)c3cc(CNC(=O)C4CC4)ccn3)(C1)C2. The molecule has 0 radical (unpaired) electrons. The van der Waals surface area contributed by atoms with Gasteiger partial charge in [0.15, 0.2) is 5.78 Å². The van der Waals surface area contributed by atoms with E-state index in [9.17, 15) is 18.8 Å². The van der Waals surface area contributed by atoms with Crippen LogP contribution in [0.4, 0.5) is 4.39 Å². The molecule has 2 N–H and O–H groups in total. The Hall–Kier alpha value is -3.00. The fraction of sp³-hybridized carbons (Fsp3) is 0.440. The van der Waals surface area contributed by atoms with Crippen molar-refractivity contribution in [2.24, 2.45) is 11.3 Å². The van der Waals surface area contributed by atoms with Crippen molar-refractivity contribution in [2.45, 2.75) is 50.6 Å². The third-order valence-electron chi connectivity index (χ3n) is 6.85. The average Bonchev–Trinajstić information content (AvgIpc) is 3.61. The van der Waals surface area contributed by atoms with Gasteiger partial charge in [0.1, 0.15) is 23.9 Å². The van der Waals surface area contributed by atoms with Crippen LogP contribution in [0, 0.1) is 17.2 Å². The highest BCUT2D eigenvalue weighted by atomic mass is 35.5. The predicted octanol–water partition coefficient (Wildman–Crippen LogP) is 3.59. The van der Waals surface area contributed by atoms with Crippen LogP contribution in [-0.2, 0) is 16.1 Å². The van der Waals surface area contributed by atoms with Gasteiger partial charge in [-0.15, -0.1) is 0 Å². The number of rotatable bonds is 10. The van der Waals surface area contributed by atoms with Gasteiger partial charge >= 0.3 is 0 Å². The molecule has 4 aliphatic rings. The van der Waals surface area contributed by atoms with E-state index >= 15 is 0 Å². The van der Waals surface area contributed by atoms with E-state index in [1.807, 2.05) is 0 Å². The maximum absolute atomic E-state index is 13.5. The third kappa shape index (κ3) is 4.78. The molecule has 1 aromatic carbocycles. The summed E-state index contributed by atoms with van der Waals surface area (Å²) >= 11 is 5.65. The molecule has 4 fully saturated rings. The highest BCUT2D eigenvalue weighted by Crippen LogP contribution is 2.69. The monoisotopic (exact) mass is 485 g/mol. The Morgan fingerprint density at radius 3 is 2.62 bits per heavy atom. The number of hydrogen-bond acceptors (Lipinski definition) is 5. The first-order valence-electron chi connectivity index (χ1n) is 11.4. The molecule has 0 atom stereocenters. The number of halogens is 2. The number of carbonyl (C=O) groups excluding carboxylic acids is 3. The second-order valence-electron chi connectivity index (χ2n) is 9.89. The Labute approximate surface area is 201 Å². The Morgan fingerprint density at radius 1 is 1.15 bits per heavy atom. The molecule has 4 aliphatic carbocycles. The van der Waals surface area contributed by atoms with E-state index in [-0.39, 0.29) is 51.8 Å². The molecule has 1 heterocycles. The van der Waals surface area contributed by atoms with Crippen LogP contribution in [0.5, 0.6) is 5.75 Å². The summed E-state index contributed by atoms with van der Waals surface area (Å²) in [6.45, 7) is 0.245. The number of amides is 2. The van der Waals surface area contributed by atoms with Gasteiger partial charge in [-0.2, -0.15) is 0 Å². The number of nitrogens with one attached hydrogen (secondary N) is 2. The van der Waals surface area contributed by atoms with Gasteiger partial charge in [-0.1, -0.05) is 11.6 Å². The van der Waals surface area contributed by atoms with Crippen molar-refractivity contribution < 1.29 is 23.5 Å². The fourth-order valence-electron chi connectivity index (χ4n) is 5.21. The lowest BCUT2D eigenvalue weighted by atomic mass is 9.38. The number of ketones is 1. The first-order valence-corrected chi connectivity index (χ1v) is 11.8. The number of hydrogen-bond donors (Lipinski definition) is 2. The van der Waals surface area contributed by atoms with Crippen LogP contribution >= 0.6 is 11.6 Å². The predicted molar refractivity (Wildman–Crippen MR) is 122 cm³/mol. The summed E-state index contributed by atoms with van der Waals surface area (Å²) in [5.74, 6) is -0.437. The number of nitrogens with zero attached hydrogens (tertiary/aromatic N) is 1. The minimum atomic E-state index is -0.591. The number of carbonyl (C=O) groups is 3. The maximum Gasteiger partial charge on any atom is 0.270 e. The smallest absolute Gasteiger partial charge is 0.270 e. The maximum atomic E-state index is 13.5. The Kier molecular flexibility index (Phi) is 5.80. The zero-order chi connectivity index (χ0) is 23.9. The van der Waals surface area contributed by atoms with Crippen molar-refractivity contribution in [2.75, 3.05) is 6.61 Å². The number of aromatic nitrogens is 1. The van der Waals surface area contributed by atoms with E-state index in [1.165, 1.54) is 12.1 Å². The molecule has 2 amide bonds. The molecule has 4 saturated carbocycles. The number of benzene rings is 1. The van der Waals surface area contributed by atoms with Gasteiger partial charge in [0.05, 0.1) is 5.02 Å². The van der Waals surface area contributed by atoms with Gasteiger partial charge in [0.25, 0.3) is 5.91 Å². The minimum Gasteiger partial charge on any atom is -0.486 e. The molecule has 0 saturated heterocycles. The standard InChI is InChI=1S/C25H25ClFN3O4/c26-19-4-3-18(8-20(19)27)34-11-17(31)9-24-12-25(13-24,14-24)30-23(33)21-7-15(5-6-28-21)10-29-22(32)16-1-2-16/h3-8,16H,1-2,9-14H2,(H,29,32)(H,30,33). The zero-order valence-corrected chi connectivity index (χ0v) is 19.3. The van der Waals surface area contributed by atoms with E-state index in [2.05, 4.69) is 15.6 Å². The van der Waals surface area contributed by atoms with Gasteiger partial charge in [0.2, 0.25) is 5.91 Å². The molecule has 0 spiro atoms. The summed E-state index contributed by atoms with van der Waals surface area (Å²) in [5, 5.41) is 5.97. The average molecular weight is 486 g/mol. The molecule has 0 unspecified atom stereocenters. The zero-order valence-electron chi connectivity index (χ0n) is 18.5. The van der Waals surface area contributed by atoms with Gasteiger partial charge in [-0.3, -0.25) is 19.4 Å². The van der Waals surface area contributed by atoms with Crippen LogP contribution in [0.2, 0.25) is 5.02 Å².